The van der Waals surface area contributed by atoms with Gasteiger partial charge in [0.15, 0.2) is 6.04 Å². The van der Waals surface area contributed by atoms with Crippen LogP contribution in [-0.2, 0) is 4.79 Å². The average Bonchev–Trinajstić information content (AvgIpc) is 2.74. The first-order chi connectivity index (χ1) is 13.9. The third-order valence-corrected chi connectivity index (χ3v) is 5.29. The van der Waals surface area contributed by atoms with Crippen molar-refractivity contribution < 1.29 is 24.5 Å². The van der Waals surface area contributed by atoms with Crippen LogP contribution in [0.5, 0.6) is 11.5 Å². The number of hydrogen-bond acceptors (Lipinski definition) is 6. The second kappa shape index (κ2) is 8.78. The number of phenols is 1. The van der Waals surface area contributed by atoms with Crippen LogP contribution in [0, 0.1) is 10.1 Å². The number of benzene rings is 2. The molecule has 1 aliphatic rings. The van der Waals surface area contributed by atoms with Gasteiger partial charge in [-0.3, -0.25) is 14.9 Å². The zero-order valence-corrected chi connectivity index (χ0v) is 16.4. The second-order valence-electron chi connectivity index (χ2n) is 7.01. The number of nitrogens with one attached hydrogen (secondary N) is 2. The molecule has 154 valence electrons. The van der Waals surface area contributed by atoms with Crippen LogP contribution >= 0.6 is 0 Å². The van der Waals surface area contributed by atoms with Gasteiger partial charge < -0.3 is 25.0 Å². The number of piperazine rings is 1. The lowest BCUT2D eigenvalue weighted by Crippen LogP contribution is -3.19. The molecule has 0 aliphatic carbocycles. The van der Waals surface area contributed by atoms with Crippen LogP contribution in [-0.4, -0.2) is 55.3 Å². The van der Waals surface area contributed by atoms with E-state index in [1.165, 1.54) is 19.2 Å². The zero-order chi connectivity index (χ0) is 21.0. The van der Waals surface area contributed by atoms with Gasteiger partial charge in [0.1, 0.15) is 17.2 Å². The molecule has 3 N–H and O–H groups in total. The molecule has 0 bridgehead atoms. The summed E-state index contributed by atoms with van der Waals surface area (Å²) in [4.78, 5) is 26.8. The van der Waals surface area contributed by atoms with Gasteiger partial charge in [-0.25, -0.2) is 0 Å². The first-order valence-electron chi connectivity index (χ1n) is 9.41. The van der Waals surface area contributed by atoms with E-state index < -0.39 is 4.92 Å². The molecule has 9 nitrogen and oxygen atoms in total. The Kier molecular flexibility index (Phi) is 6.18. The molecule has 0 radical (unpaired) electrons. The Balaban J connectivity index is 1.61. The van der Waals surface area contributed by atoms with Crippen molar-refractivity contribution in [1.29, 1.82) is 0 Å². The molecule has 1 saturated heterocycles. The van der Waals surface area contributed by atoms with Gasteiger partial charge >= 0.3 is 0 Å². The van der Waals surface area contributed by atoms with E-state index in [-0.39, 0.29) is 29.1 Å². The van der Waals surface area contributed by atoms with Gasteiger partial charge in [-0.05, 0) is 43.3 Å². The lowest BCUT2D eigenvalue weighted by Gasteiger charge is -2.36. The average molecular weight is 401 g/mol. The maximum Gasteiger partial charge on any atom is 0.296 e. The predicted molar refractivity (Wildman–Crippen MR) is 109 cm³/mol. The van der Waals surface area contributed by atoms with Crippen molar-refractivity contribution in [1.82, 2.24) is 0 Å². The molecule has 0 spiro atoms. The first-order valence-corrected chi connectivity index (χ1v) is 9.41. The number of quaternary nitrogens is 1. The summed E-state index contributed by atoms with van der Waals surface area (Å²) in [6, 6.07) is 11.1. The van der Waals surface area contributed by atoms with Crippen LogP contribution in [0.3, 0.4) is 0 Å². The summed E-state index contributed by atoms with van der Waals surface area (Å²) in [6.45, 7) is 4.91. The van der Waals surface area contributed by atoms with Crippen LogP contribution < -0.4 is 19.9 Å². The SMILES string of the molecule is COc1ccc(NC(=O)[C@@H](C)[NH+]2CCN(c3ccc(O)cc3)CC2)c([N+](=O)[O-])c1. The number of methoxy groups -OCH3 is 1. The van der Waals surface area contributed by atoms with E-state index >= 15 is 0 Å². The molecule has 0 aromatic heterocycles. The third kappa shape index (κ3) is 4.75. The van der Waals surface area contributed by atoms with Gasteiger partial charge in [0.05, 0.1) is 44.3 Å². The highest BCUT2D eigenvalue weighted by Gasteiger charge is 2.30. The van der Waals surface area contributed by atoms with Crippen molar-refractivity contribution >= 4 is 23.0 Å². The van der Waals surface area contributed by atoms with Crippen molar-refractivity contribution in [2.45, 2.75) is 13.0 Å². The molecule has 2 aromatic carbocycles. The highest BCUT2D eigenvalue weighted by atomic mass is 16.6. The fraction of sp³-hybridized carbons (Fsp3) is 0.350. The molecular formula is C20H25N4O5+. The van der Waals surface area contributed by atoms with Gasteiger partial charge in [0.25, 0.3) is 11.6 Å². The lowest BCUT2D eigenvalue weighted by atomic mass is 10.2. The van der Waals surface area contributed by atoms with E-state index in [1.807, 2.05) is 19.1 Å². The van der Waals surface area contributed by atoms with Crippen molar-refractivity contribution in [2.75, 3.05) is 43.5 Å². The normalized spacial score (nSPS) is 15.6. The number of carbonyl (C=O) groups is 1. The number of aromatic hydroxyl groups is 1. The van der Waals surface area contributed by atoms with Gasteiger partial charge in [0, 0.05) is 5.69 Å². The molecule has 1 amide bonds. The maximum atomic E-state index is 12.7. The Bertz CT molecular complexity index is 879. The number of phenolic OH excluding ortho intramolecular Hbond substituents is 1. The summed E-state index contributed by atoms with van der Waals surface area (Å²) >= 11 is 0. The molecule has 2 aromatic rings. The summed E-state index contributed by atoms with van der Waals surface area (Å²) in [5, 5.41) is 23.4. The van der Waals surface area contributed by atoms with Gasteiger partial charge in [-0.2, -0.15) is 0 Å². The van der Waals surface area contributed by atoms with Crippen molar-refractivity contribution in [3.05, 3.63) is 52.6 Å². The number of nitrogens with zero attached hydrogens (tertiary/aromatic N) is 2. The van der Waals surface area contributed by atoms with Gasteiger partial charge in [-0.15, -0.1) is 0 Å². The van der Waals surface area contributed by atoms with E-state index in [0.717, 1.165) is 36.8 Å². The van der Waals surface area contributed by atoms with Gasteiger partial charge in [-0.1, -0.05) is 0 Å². The highest BCUT2D eigenvalue weighted by Crippen LogP contribution is 2.29. The van der Waals surface area contributed by atoms with Gasteiger partial charge in [0.2, 0.25) is 0 Å². The van der Waals surface area contributed by atoms with E-state index in [2.05, 4.69) is 10.2 Å². The third-order valence-electron chi connectivity index (χ3n) is 5.29. The monoisotopic (exact) mass is 401 g/mol. The number of nitro benzene ring substituents is 1. The number of hydrogen-bond donors (Lipinski definition) is 3. The molecule has 1 heterocycles. The van der Waals surface area contributed by atoms with Crippen LogP contribution in [0.4, 0.5) is 17.1 Å². The lowest BCUT2D eigenvalue weighted by molar-refractivity contribution is -0.914. The number of ether oxygens (including phenoxy) is 1. The molecule has 3 rings (SSSR count). The van der Waals surface area contributed by atoms with E-state index in [0.29, 0.717) is 5.75 Å². The minimum absolute atomic E-state index is 0.162. The van der Waals surface area contributed by atoms with Crippen molar-refractivity contribution in [2.24, 2.45) is 0 Å². The summed E-state index contributed by atoms with van der Waals surface area (Å²) in [7, 11) is 1.43. The standard InChI is InChI=1S/C20H24N4O5/c1-14(20(26)21-18-8-7-17(29-2)13-19(18)24(27)28)22-9-11-23(12-10-22)15-3-5-16(25)6-4-15/h3-8,13-14,25H,9-12H2,1-2H3,(H,21,26)/p+1/t14-/m1/s1. The van der Waals surface area contributed by atoms with E-state index in [4.69, 9.17) is 4.74 Å². The molecular weight excluding hydrogens is 376 g/mol. The van der Waals surface area contributed by atoms with Crippen LogP contribution in [0.1, 0.15) is 6.92 Å². The minimum Gasteiger partial charge on any atom is -0.508 e. The molecule has 1 aliphatic heterocycles. The van der Waals surface area contributed by atoms with Crippen LogP contribution in [0.15, 0.2) is 42.5 Å². The molecule has 1 atom stereocenters. The van der Waals surface area contributed by atoms with E-state index in [1.54, 1.807) is 18.2 Å². The number of rotatable bonds is 6. The fourth-order valence-electron chi connectivity index (χ4n) is 3.47. The van der Waals surface area contributed by atoms with Crippen LogP contribution in [0.2, 0.25) is 0 Å². The predicted octanol–water partition coefficient (Wildman–Crippen LogP) is 1.04. The highest BCUT2D eigenvalue weighted by molar-refractivity contribution is 5.95. The number of nitro groups is 1. The summed E-state index contributed by atoms with van der Waals surface area (Å²) in [6.07, 6.45) is 0. The maximum absolute atomic E-state index is 12.7. The molecule has 9 heteroatoms. The number of amides is 1. The Morgan fingerprint density at radius 1 is 1.24 bits per heavy atom. The Morgan fingerprint density at radius 3 is 2.48 bits per heavy atom. The molecule has 1 fully saturated rings. The summed E-state index contributed by atoms with van der Waals surface area (Å²) < 4.78 is 5.02. The molecule has 0 unspecified atom stereocenters. The Hall–Kier alpha value is -3.33. The quantitative estimate of drug-likeness (QED) is 0.493. The second-order valence-corrected chi connectivity index (χ2v) is 7.01. The smallest absolute Gasteiger partial charge is 0.296 e. The van der Waals surface area contributed by atoms with Crippen molar-refractivity contribution in [3.63, 3.8) is 0 Å². The largest absolute Gasteiger partial charge is 0.508 e. The van der Waals surface area contributed by atoms with E-state index in [9.17, 15) is 20.0 Å². The van der Waals surface area contributed by atoms with Crippen LogP contribution in [0.25, 0.3) is 0 Å². The summed E-state index contributed by atoms with van der Waals surface area (Å²) in [5.74, 6) is 0.334. The Morgan fingerprint density at radius 2 is 1.90 bits per heavy atom. The topological polar surface area (TPSA) is 109 Å². The zero-order valence-electron chi connectivity index (χ0n) is 16.4. The van der Waals surface area contributed by atoms with Crippen molar-refractivity contribution in [3.8, 4) is 11.5 Å². The molecule has 0 saturated carbocycles. The fourth-order valence-corrected chi connectivity index (χ4v) is 3.47. The number of anilines is 2. The Labute approximate surface area is 168 Å². The minimum atomic E-state index is -0.536. The molecule has 29 heavy (non-hydrogen) atoms. The summed E-state index contributed by atoms with van der Waals surface area (Å²) in [5.41, 5.74) is 1.000. The first kappa shape index (κ1) is 20.4. The number of carbonyl (C=O) groups excluding carboxylic acids is 1.